The second kappa shape index (κ2) is 12.3. The molecule has 228 valence electrons. The van der Waals surface area contributed by atoms with Crippen molar-refractivity contribution in [2.24, 2.45) is 0 Å². The van der Waals surface area contributed by atoms with Crippen molar-refractivity contribution in [3.8, 4) is 11.3 Å². The van der Waals surface area contributed by atoms with Crippen LogP contribution < -0.4 is 10.2 Å². The quantitative estimate of drug-likeness (QED) is 0.264. The SMILES string of the molecule is CN(Cc1ccccc1)c1cc(-c2cn(CCN3CCOCC3)c3ncccc23)nc2c(C(=O)NC3COCC3O)cnn12. The number of nitrogens with zero attached hydrogens (tertiary/aromatic N) is 7. The summed E-state index contributed by atoms with van der Waals surface area (Å²) in [5.41, 5.74) is 4.44. The minimum Gasteiger partial charge on any atom is -0.388 e. The first-order chi connectivity index (χ1) is 21.5. The molecule has 7 rings (SSSR count). The molecule has 2 aliphatic rings. The molecule has 4 aromatic heterocycles. The lowest BCUT2D eigenvalue weighted by Crippen LogP contribution is -2.42. The van der Waals surface area contributed by atoms with Crippen LogP contribution in [0.5, 0.6) is 0 Å². The number of nitrogens with one attached hydrogen (secondary N) is 1. The number of hydrogen-bond acceptors (Lipinski definition) is 9. The predicted octanol–water partition coefficient (Wildman–Crippen LogP) is 2.20. The molecular weight excluding hydrogens is 560 g/mol. The third-order valence-corrected chi connectivity index (χ3v) is 8.39. The number of morpholine rings is 1. The van der Waals surface area contributed by atoms with Crippen LogP contribution in [0.3, 0.4) is 0 Å². The van der Waals surface area contributed by atoms with Crippen molar-refractivity contribution in [3.63, 3.8) is 0 Å². The molecule has 6 heterocycles. The fourth-order valence-electron chi connectivity index (χ4n) is 5.95. The highest BCUT2D eigenvalue weighted by atomic mass is 16.5. The van der Waals surface area contributed by atoms with E-state index in [9.17, 15) is 9.90 Å². The van der Waals surface area contributed by atoms with Gasteiger partial charge < -0.3 is 29.4 Å². The van der Waals surface area contributed by atoms with Gasteiger partial charge in [-0.2, -0.15) is 9.61 Å². The maximum Gasteiger partial charge on any atom is 0.257 e. The fraction of sp³-hybridized carbons (Fsp3) is 0.375. The van der Waals surface area contributed by atoms with Gasteiger partial charge in [0.05, 0.1) is 50.5 Å². The molecule has 2 fully saturated rings. The molecule has 1 amide bonds. The zero-order chi connectivity index (χ0) is 30.0. The van der Waals surface area contributed by atoms with Crippen molar-refractivity contribution in [3.05, 3.63) is 78.2 Å². The Hall–Kier alpha value is -4.36. The summed E-state index contributed by atoms with van der Waals surface area (Å²) in [6, 6.07) is 15.7. The topological polar surface area (TPSA) is 122 Å². The predicted molar refractivity (Wildman–Crippen MR) is 166 cm³/mol. The van der Waals surface area contributed by atoms with E-state index in [0.29, 0.717) is 23.4 Å². The van der Waals surface area contributed by atoms with E-state index in [1.165, 1.54) is 6.20 Å². The molecule has 2 N–H and O–H groups in total. The molecule has 2 atom stereocenters. The molecular formula is C32H36N8O4. The lowest BCUT2D eigenvalue weighted by molar-refractivity contribution is 0.0365. The first-order valence-corrected chi connectivity index (χ1v) is 15.0. The van der Waals surface area contributed by atoms with Gasteiger partial charge in [0, 0.05) is 69.2 Å². The Morgan fingerprint density at radius 2 is 1.91 bits per heavy atom. The Bertz CT molecular complexity index is 1760. The number of carbonyl (C=O) groups is 1. The third-order valence-electron chi connectivity index (χ3n) is 8.39. The molecule has 2 saturated heterocycles. The summed E-state index contributed by atoms with van der Waals surface area (Å²) in [6.45, 7) is 6.12. The molecule has 5 aromatic rings. The maximum atomic E-state index is 13.5. The third kappa shape index (κ3) is 5.64. The number of fused-ring (bicyclic) bond motifs is 2. The summed E-state index contributed by atoms with van der Waals surface area (Å²) < 4.78 is 14.7. The Morgan fingerprint density at radius 3 is 2.70 bits per heavy atom. The second-order valence-corrected chi connectivity index (χ2v) is 11.4. The summed E-state index contributed by atoms with van der Waals surface area (Å²) in [5, 5.41) is 18.7. The van der Waals surface area contributed by atoms with Gasteiger partial charge in [-0.1, -0.05) is 30.3 Å². The van der Waals surface area contributed by atoms with E-state index in [-0.39, 0.29) is 19.1 Å². The number of pyridine rings is 1. The van der Waals surface area contributed by atoms with Crippen molar-refractivity contribution in [1.82, 2.24) is 34.4 Å². The molecule has 0 bridgehead atoms. The maximum absolute atomic E-state index is 13.5. The van der Waals surface area contributed by atoms with Gasteiger partial charge >= 0.3 is 0 Å². The van der Waals surface area contributed by atoms with Crippen LogP contribution in [0.1, 0.15) is 15.9 Å². The highest BCUT2D eigenvalue weighted by Crippen LogP contribution is 2.32. The Labute approximate surface area is 254 Å². The number of benzene rings is 1. The van der Waals surface area contributed by atoms with Crippen molar-refractivity contribution in [1.29, 1.82) is 0 Å². The number of aliphatic hydroxyl groups excluding tert-OH is 1. The Kier molecular flexibility index (Phi) is 7.96. The van der Waals surface area contributed by atoms with Crippen LogP contribution in [-0.2, 0) is 22.6 Å². The molecule has 12 heteroatoms. The molecule has 2 aliphatic heterocycles. The van der Waals surface area contributed by atoms with Gasteiger partial charge in [-0.25, -0.2) is 9.97 Å². The second-order valence-electron chi connectivity index (χ2n) is 11.4. The van der Waals surface area contributed by atoms with Gasteiger partial charge in [0.15, 0.2) is 5.65 Å². The average molecular weight is 597 g/mol. The number of amides is 1. The molecule has 0 saturated carbocycles. The van der Waals surface area contributed by atoms with Crippen LogP contribution in [0, 0.1) is 0 Å². The van der Waals surface area contributed by atoms with E-state index in [2.05, 4.69) is 49.2 Å². The summed E-state index contributed by atoms with van der Waals surface area (Å²) >= 11 is 0. The highest BCUT2D eigenvalue weighted by molar-refractivity contribution is 6.01. The van der Waals surface area contributed by atoms with Gasteiger partial charge in [-0.05, 0) is 17.7 Å². The number of hydrogen-bond donors (Lipinski definition) is 2. The summed E-state index contributed by atoms with van der Waals surface area (Å²) in [6.07, 6.45) is 4.71. The zero-order valence-corrected chi connectivity index (χ0v) is 24.7. The summed E-state index contributed by atoms with van der Waals surface area (Å²) in [5.74, 6) is 0.431. The largest absolute Gasteiger partial charge is 0.388 e. The fourth-order valence-corrected chi connectivity index (χ4v) is 5.95. The van der Waals surface area contributed by atoms with Gasteiger partial charge in [-0.3, -0.25) is 9.69 Å². The summed E-state index contributed by atoms with van der Waals surface area (Å²) in [4.78, 5) is 27.8. The summed E-state index contributed by atoms with van der Waals surface area (Å²) in [7, 11) is 2.01. The lowest BCUT2D eigenvalue weighted by atomic mass is 10.1. The molecule has 44 heavy (non-hydrogen) atoms. The normalized spacial score (nSPS) is 19.1. The van der Waals surface area contributed by atoms with Crippen LogP contribution in [0.2, 0.25) is 0 Å². The number of ether oxygens (including phenoxy) is 2. The van der Waals surface area contributed by atoms with Crippen LogP contribution >= 0.6 is 0 Å². The van der Waals surface area contributed by atoms with Crippen molar-refractivity contribution < 1.29 is 19.4 Å². The van der Waals surface area contributed by atoms with Gasteiger partial charge in [0.1, 0.15) is 17.0 Å². The van der Waals surface area contributed by atoms with E-state index in [4.69, 9.17) is 19.4 Å². The van der Waals surface area contributed by atoms with Crippen LogP contribution in [0.25, 0.3) is 27.9 Å². The lowest BCUT2D eigenvalue weighted by Gasteiger charge is -2.26. The van der Waals surface area contributed by atoms with Gasteiger partial charge in [0.25, 0.3) is 5.91 Å². The minimum absolute atomic E-state index is 0.195. The Balaban J connectivity index is 1.30. The van der Waals surface area contributed by atoms with E-state index in [0.717, 1.165) is 67.4 Å². The van der Waals surface area contributed by atoms with Gasteiger partial charge in [-0.15, -0.1) is 0 Å². The zero-order valence-electron chi connectivity index (χ0n) is 24.7. The van der Waals surface area contributed by atoms with E-state index >= 15 is 0 Å². The van der Waals surface area contributed by atoms with Crippen molar-refractivity contribution in [2.45, 2.75) is 25.2 Å². The van der Waals surface area contributed by atoms with Crippen LogP contribution in [0.4, 0.5) is 5.82 Å². The molecule has 0 radical (unpaired) electrons. The molecule has 0 spiro atoms. The van der Waals surface area contributed by atoms with E-state index in [1.807, 2.05) is 43.6 Å². The molecule has 0 aliphatic carbocycles. The Morgan fingerprint density at radius 1 is 1.07 bits per heavy atom. The minimum atomic E-state index is -0.757. The monoisotopic (exact) mass is 596 g/mol. The number of anilines is 1. The van der Waals surface area contributed by atoms with E-state index < -0.39 is 12.1 Å². The van der Waals surface area contributed by atoms with Crippen LogP contribution in [-0.4, -0.2) is 105 Å². The first-order valence-electron chi connectivity index (χ1n) is 15.0. The average Bonchev–Trinajstić information content (AvgIpc) is 3.77. The molecule has 12 nitrogen and oxygen atoms in total. The molecule has 1 aromatic carbocycles. The smallest absolute Gasteiger partial charge is 0.257 e. The number of rotatable bonds is 9. The first kappa shape index (κ1) is 28.4. The van der Waals surface area contributed by atoms with Crippen molar-refractivity contribution >= 4 is 28.4 Å². The standard InChI is InChI=1S/C32H36N8O4/c1-37(18-22-6-3-2-4-7-22)29-16-26(35-31-24(17-34-40(29)31)32(42)36-27-20-44-21-28(27)41)25-19-39(30-23(25)8-5-9-33-30)11-10-38-12-14-43-15-13-38/h2-9,16-17,19,27-28,41H,10-15,18,20-21H2,1H3,(H,36,42). The van der Waals surface area contributed by atoms with Crippen molar-refractivity contribution in [2.75, 3.05) is 58.0 Å². The van der Waals surface area contributed by atoms with Gasteiger partial charge in [0.2, 0.25) is 0 Å². The van der Waals surface area contributed by atoms with E-state index in [1.54, 1.807) is 4.52 Å². The highest BCUT2D eigenvalue weighted by Gasteiger charge is 2.29. The van der Waals surface area contributed by atoms with Crippen LogP contribution in [0.15, 0.2) is 67.1 Å². The number of aliphatic hydroxyl groups is 1. The number of aromatic nitrogens is 5. The molecule has 2 unspecified atom stereocenters. The number of carbonyl (C=O) groups excluding carboxylic acids is 1.